The van der Waals surface area contributed by atoms with Crippen molar-refractivity contribution in [2.75, 3.05) is 5.73 Å². The average Bonchev–Trinajstić information content (AvgIpc) is 2.83. The normalized spacial score (nSPS) is 11.2. The molecular weight excluding hydrogens is 403 g/mol. The molecule has 3 heterocycles. The van der Waals surface area contributed by atoms with Crippen molar-refractivity contribution in [3.8, 4) is 0 Å². The lowest BCUT2D eigenvalue weighted by molar-refractivity contribution is 0.778. The predicted octanol–water partition coefficient (Wildman–Crippen LogP) is 2.73. The molecule has 0 bridgehead atoms. The van der Waals surface area contributed by atoms with Gasteiger partial charge in [-0.2, -0.15) is 9.97 Å². The van der Waals surface area contributed by atoms with E-state index < -0.39 is 0 Å². The van der Waals surface area contributed by atoms with Crippen molar-refractivity contribution in [2.24, 2.45) is 0 Å². The third kappa shape index (κ3) is 2.55. The molecule has 0 saturated carbocycles. The van der Waals surface area contributed by atoms with Crippen LogP contribution in [0.15, 0.2) is 12.5 Å². The Labute approximate surface area is 139 Å². The quantitative estimate of drug-likeness (QED) is 0.515. The van der Waals surface area contributed by atoms with E-state index in [9.17, 15) is 0 Å². The van der Waals surface area contributed by atoms with Crippen molar-refractivity contribution in [2.45, 2.75) is 20.4 Å². The Balaban J connectivity index is 2.09. The zero-order chi connectivity index (χ0) is 15.1. The minimum atomic E-state index is 0.136. The van der Waals surface area contributed by atoms with Crippen LogP contribution in [-0.4, -0.2) is 24.5 Å². The van der Waals surface area contributed by atoms with E-state index in [0.717, 1.165) is 11.3 Å². The fourth-order valence-corrected chi connectivity index (χ4v) is 2.78. The number of imidazole rings is 1. The molecule has 6 nitrogen and oxygen atoms in total. The standard InChI is InChI=1S/C13H12ClIN6/c1-6-3-17-8(7(2)9(6)15)4-21-5-18-10-11(14)19-13(16)20-12(10)21/h3,5H,4H2,1-2H3,(H2,16,19,20). The molecule has 2 N–H and O–H groups in total. The average molecular weight is 415 g/mol. The van der Waals surface area contributed by atoms with E-state index in [4.69, 9.17) is 17.3 Å². The monoisotopic (exact) mass is 414 g/mol. The van der Waals surface area contributed by atoms with Crippen LogP contribution in [0.2, 0.25) is 5.15 Å². The number of aromatic nitrogens is 5. The van der Waals surface area contributed by atoms with Crippen molar-refractivity contribution >= 4 is 51.3 Å². The zero-order valence-electron chi connectivity index (χ0n) is 11.4. The Hall–Kier alpha value is -1.48. The maximum Gasteiger partial charge on any atom is 0.223 e. The Kier molecular flexibility index (Phi) is 3.70. The number of aryl methyl sites for hydroxylation is 1. The van der Waals surface area contributed by atoms with E-state index in [1.165, 1.54) is 9.13 Å². The number of rotatable bonds is 2. The largest absolute Gasteiger partial charge is 0.368 e. The molecule has 0 aliphatic heterocycles. The maximum absolute atomic E-state index is 6.03. The summed E-state index contributed by atoms with van der Waals surface area (Å²) in [5, 5.41) is 0.263. The van der Waals surface area contributed by atoms with Gasteiger partial charge in [-0.15, -0.1) is 0 Å². The summed E-state index contributed by atoms with van der Waals surface area (Å²) >= 11 is 8.36. The Morgan fingerprint density at radius 1 is 1.29 bits per heavy atom. The molecule has 0 radical (unpaired) electrons. The van der Waals surface area contributed by atoms with Gasteiger partial charge in [-0.05, 0) is 47.6 Å². The predicted molar refractivity (Wildman–Crippen MR) is 90.3 cm³/mol. The third-order valence-electron chi connectivity index (χ3n) is 3.28. The summed E-state index contributed by atoms with van der Waals surface area (Å²) in [4.78, 5) is 16.9. The zero-order valence-corrected chi connectivity index (χ0v) is 14.3. The van der Waals surface area contributed by atoms with Gasteiger partial charge in [-0.25, -0.2) is 4.98 Å². The molecule has 0 saturated heterocycles. The number of halogens is 2. The molecule has 0 amide bonds. The fraction of sp³-hybridized carbons (Fsp3) is 0.231. The maximum atomic E-state index is 6.03. The summed E-state index contributed by atoms with van der Waals surface area (Å²) in [5.41, 5.74) is 10.1. The van der Waals surface area contributed by atoms with E-state index in [1.54, 1.807) is 6.33 Å². The summed E-state index contributed by atoms with van der Waals surface area (Å²) in [5.74, 6) is 0.136. The van der Waals surface area contributed by atoms with Crippen molar-refractivity contribution in [3.05, 3.63) is 38.1 Å². The van der Waals surface area contributed by atoms with Crippen molar-refractivity contribution in [1.82, 2.24) is 24.5 Å². The lowest BCUT2D eigenvalue weighted by atomic mass is 10.1. The number of fused-ring (bicyclic) bond motifs is 1. The summed E-state index contributed by atoms with van der Waals surface area (Å²) < 4.78 is 3.09. The van der Waals surface area contributed by atoms with Gasteiger partial charge in [0.1, 0.15) is 5.52 Å². The molecule has 8 heteroatoms. The number of nitrogens with two attached hydrogens (primary N) is 1. The highest BCUT2D eigenvalue weighted by Crippen LogP contribution is 2.22. The number of nitrogens with zero attached hydrogens (tertiary/aromatic N) is 5. The Bertz CT molecular complexity index is 844. The first-order valence-corrected chi connectivity index (χ1v) is 7.67. The molecule has 0 atom stereocenters. The Morgan fingerprint density at radius 3 is 2.81 bits per heavy atom. The first-order chi connectivity index (χ1) is 9.97. The van der Waals surface area contributed by atoms with Gasteiger partial charge in [0.15, 0.2) is 10.8 Å². The number of hydrogen-bond acceptors (Lipinski definition) is 5. The van der Waals surface area contributed by atoms with Gasteiger partial charge >= 0.3 is 0 Å². The van der Waals surface area contributed by atoms with Crippen LogP contribution in [-0.2, 0) is 6.54 Å². The van der Waals surface area contributed by atoms with Crippen LogP contribution >= 0.6 is 34.2 Å². The minimum Gasteiger partial charge on any atom is -0.368 e. The molecule has 0 aliphatic rings. The molecule has 0 aromatic carbocycles. The van der Waals surface area contributed by atoms with Crippen LogP contribution in [0, 0.1) is 17.4 Å². The van der Waals surface area contributed by atoms with Gasteiger partial charge < -0.3 is 10.3 Å². The molecule has 3 rings (SSSR count). The van der Waals surface area contributed by atoms with Gasteiger partial charge in [0.05, 0.1) is 18.6 Å². The molecule has 0 aliphatic carbocycles. The summed E-state index contributed by atoms with van der Waals surface area (Å²) in [7, 11) is 0. The lowest BCUT2D eigenvalue weighted by Gasteiger charge is -2.10. The second kappa shape index (κ2) is 5.38. The molecule has 0 spiro atoms. The molecule has 21 heavy (non-hydrogen) atoms. The SMILES string of the molecule is Cc1cnc(Cn2cnc3c(Cl)nc(N)nc32)c(C)c1I. The number of pyridine rings is 1. The summed E-state index contributed by atoms with van der Waals surface area (Å²) in [6, 6.07) is 0. The molecule has 0 unspecified atom stereocenters. The van der Waals surface area contributed by atoms with Crippen LogP contribution in [0.1, 0.15) is 16.8 Å². The van der Waals surface area contributed by atoms with Crippen LogP contribution in [0.4, 0.5) is 5.95 Å². The fourth-order valence-electron chi connectivity index (χ4n) is 2.11. The highest BCUT2D eigenvalue weighted by atomic mass is 127. The van der Waals surface area contributed by atoms with E-state index in [0.29, 0.717) is 17.7 Å². The van der Waals surface area contributed by atoms with E-state index in [1.807, 2.05) is 17.7 Å². The first-order valence-electron chi connectivity index (χ1n) is 6.21. The van der Waals surface area contributed by atoms with Crippen molar-refractivity contribution < 1.29 is 0 Å². The van der Waals surface area contributed by atoms with Crippen molar-refractivity contribution in [3.63, 3.8) is 0 Å². The van der Waals surface area contributed by atoms with Gasteiger partial charge in [0, 0.05) is 9.77 Å². The minimum absolute atomic E-state index is 0.136. The second-order valence-corrected chi connectivity index (χ2v) is 6.18. The first kappa shape index (κ1) is 14.5. The van der Waals surface area contributed by atoms with Crippen LogP contribution in [0.3, 0.4) is 0 Å². The van der Waals surface area contributed by atoms with E-state index >= 15 is 0 Å². The lowest BCUT2D eigenvalue weighted by Crippen LogP contribution is -2.06. The second-order valence-electron chi connectivity index (χ2n) is 4.74. The molecule has 3 aromatic heterocycles. The van der Waals surface area contributed by atoms with Crippen LogP contribution in [0.5, 0.6) is 0 Å². The van der Waals surface area contributed by atoms with Crippen molar-refractivity contribution in [1.29, 1.82) is 0 Å². The Morgan fingerprint density at radius 2 is 2.05 bits per heavy atom. The highest BCUT2D eigenvalue weighted by Gasteiger charge is 2.13. The van der Waals surface area contributed by atoms with Crippen LogP contribution in [0.25, 0.3) is 11.2 Å². The van der Waals surface area contributed by atoms with Crippen LogP contribution < -0.4 is 5.73 Å². The number of nitrogen functional groups attached to an aromatic ring is 1. The molecule has 3 aromatic rings. The summed E-state index contributed by atoms with van der Waals surface area (Å²) in [6.07, 6.45) is 3.55. The topological polar surface area (TPSA) is 82.5 Å². The smallest absolute Gasteiger partial charge is 0.223 e. The summed E-state index contributed by atoms with van der Waals surface area (Å²) in [6.45, 7) is 4.67. The number of anilines is 1. The number of hydrogen-bond donors (Lipinski definition) is 1. The van der Waals surface area contributed by atoms with E-state index in [-0.39, 0.29) is 11.1 Å². The van der Waals surface area contributed by atoms with Gasteiger partial charge in [0.2, 0.25) is 5.95 Å². The molecule has 0 fully saturated rings. The van der Waals surface area contributed by atoms with Gasteiger partial charge in [-0.1, -0.05) is 11.6 Å². The van der Waals surface area contributed by atoms with Gasteiger partial charge in [-0.3, -0.25) is 4.98 Å². The van der Waals surface area contributed by atoms with Gasteiger partial charge in [0.25, 0.3) is 0 Å². The van der Waals surface area contributed by atoms with E-state index in [2.05, 4.69) is 49.5 Å². The highest BCUT2D eigenvalue weighted by molar-refractivity contribution is 14.1. The molecule has 108 valence electrons. The third-order valence-corrected chi connectivity index (χ3v) is 5.20. The molecular formula is C13H12ClIN6.